The summed E-state index contributed by atoms with van der Waals surface area (Å²) in [5, 5.41) is 16.9. The van der Waals surface area contributed by atoms with Crippen LogP contribution < -0.4 is 10.9 Å². The molecule has 0 radical (unpaired) electrons. The van der Waals surface area contributed by atoms with Crippen LogP contribution in [0.15, 0.2) is 76.4 Å². The normalized spacial score (nSPS) is 20.7. The average Bonchev–Trinajstić information content (AvgIpc) is 2.86. The number of aromatic nitrogens is 1. The molecule has 0 amide bonds. The molecule has 1 aliphatic rings. The molecular weight excluding hydrogens is 514 g/mol. The molecule has 2 heterocycles. The highest BCUT2D eigenvalue weighted by molar-refractivity contribution is 7.98. The van der Waals surface area contributed by atoms with Gasteiger partial charge in [-0.2, -0.15) is 0 Å². The molecule has 37 heavy (non-hydrogen) atoms. The van der Waals surface area contributed by atoms with Gasteiger partial charge in [0.25, 0.3) is 5.56 Å². The number of halogens is 3. The summed E-state index contributed by atoms with van der Waals surface area (Å²) in [7, 11) is 0. The smallest absolute Gasteiger partial charge is 0.252 e. The lowest BCUT2D eigenvalue weighted by molar-refractivity contribution is -0.0189. The first kappa shape index (κ1) is 25.9. The second-order valence-electron chi connectivity index (χ2n) is 9.64. The standard InChI is InChI=1S/C29H27ClF2N2O2S/c1-37-23-7-8-26-19(13-23)14-24(28(35)34-26)27(18-3-2-4-20(30)11-18)29(36)9-10-33-22(16-29)12-17-5-6-21(31)15-25(17)32/h2-8,11,13-15,22,27,33,36H,9-10,12,16H2,1H3,(H,34,35). The number of H-pyrrole nitrogens is 1. The van der Waals surface area contributed by atoms with Gasteiger partial charge in [0.05, 0.1) is 5.60 Å². The fourth-order valence-electron chi connectivity index (χ4n) is 5.46. The number of fused-ring (bicyclic) bond motifs is 1. The molecule has 5 rings (SSSR count). The Morgan fingerprint density at radius 2 is 1.97 bits per heavy atom. The Bertz CT molecular complexity index is 1510. The van der Waals surface area contributed by atoms with Crippen molar-refractivity contribution in [1.29, 1.82) is 0 Å². The molecule has 4 nitrogen and oxygen atoms in total. The Balaban J connectivity index is 1.58. The molecule has 3 aromatic carbocycles. The second kappa shape index (κ2) is 10.6. The quantitative estimate of drug-likeness (QED) is 0.261. The molecule has 3 N–H and O–H groups in total. The number of thioether (sulfide) groups is 1. The zero-order valence-electron chi connectivity index (χ0n) is 20.2. The minimum Gasteiger partial charge on any atom is -0.389 e. The molecule has 3 atom stereocenters. The lowest BCUT2D eigenvalue weighted by atomic mass is 9.70. The van der Waals surface area contributed by atoms with Crippen LogP contribution in [0, 0.1) is 11.6 Å². The number of hydrogen-bond donors (Lipinski definition) is 3. The van der Waals surface area contributed by atoms with Gasteiger partial charge in [-0.15, -0.1) is 11.8 Å². The van der Waals surface area contributed by atoms with E-state index in [1.165, 1.54) is 12.1 Å². The van der Waals surface area contributed by atoms with Crippen molar-refractivity contribution in [2.45, 2.75) is 41.7 Å². The van der Waals surface area contributed by atoms with Crippen molar-refractivity contribution in [3.05, 3.63) is 110 Å². The van der Waals surface area contributed by atoms with E-state index in [1.807, 2.05) is 42.7 Å². The number of benzene rings is 3. The van der Waals surface area contributed by atoms with Gasteiger partial charge in [-0.1, -0.05) is 29.8 Å². The Morgan fingerprint density at radius 1 is 1.14 bits per heavy atom. The van der Waals surface area contributed by atoms with Gasteiger partial charge >= 0.3 is 0 Å². The minimum absolute atomic E-state index is 0.267. The van der Waals surface area contributed by atoms with Crippen LogP contribution in [0.25, 0.3) is 10.9 Å². The summed E-state index contributed by atoms with van der Waals surface area (Å²) in [6.45, 7) is 0.475. The lowest BCUT2D eigenvalue weighted by Gasteiger charge is -2.43. The molecule has 1 aromatic heterocycles. The maximum atomic E-state index is 14.4. The van der Waals surface area contributed by atoms with Crippen LogP contribution in [0.4, 0.5) is 8.78 Å². The number of nitrogens with one attached hydrogen (secondary N) is 2. The fraction of sp³-hybridized carbons (Fsp3) is 0.276. The van der Waals surface area contributed by atoms with Gasteiger partial charge in [0.15, 0.2) is 0 Å². The van der Waals surface area contributed by atoms with Crippen molar-refractivity contribution < 1.29 is 13.9 Å². The van der Waals surface area contributed by atoms with Gasteiger partial charge in [-0.05, 0) is 91.0 Å². The predicted molar refractivity (Wildman–Crippen MR) is 146 cm³/mol. The van der Waals surface area contributed by atoms with Crippen molar-refractivity contribution in [2.75, 3.05) is 12.8 Å². The summed E-state index contributed by atoms with van der Waals surface area (Å²) in [6.07, 6.45) is 2.92. The minimum atomic E-state index is -1.31. The number of hydrogen-bond acceptors (Lipinski definition) is 4. The Hall–Kier alpha value is -2.71. The van der Waals surface area contributed by atoms with E-state index in [9.17, 15) is 18.7 Å². The van der Waals surface area contributed by atoms with Gasteiger partial charge < -0.3 is 15.4 Å². The first-order valence-electron chi connectivity index (χ1n) is 12.1. The van der Waals surface area contributed by atoms with E-state index in [-0.39, 0.29) is 24.4 Å². The third kappa shape index (κ3) is 5.46. The van der Waals surface area contributed by atoms with Gasteiger partial charge in [-0.25, -0.2) is 8.78 Å². The molecule has 0 saturated carbocycles. The number of aliphatic hydroxyl groups is 1. The van der Waals surface area contributed by atoms with E-state index in [4.69, 9.17) is 11.6 Å². The predicted octanol–water partition coefficient (Wildman–Crippen LogP) is 6.04. The van der Waals surface area contributed by atoms with Crippen LogP contribution in [-0.2, 0) is 6.42 Å². The van der Waals surface area contributed by atoms with Crippen molar-refractivity contribution in [1.82, 2.24) is 10.3 Å². The van der Waals surface area contributed by atoms with Crippen LogP contribution in [0.1, 0.15) is 35.4 Å². The van der Waals surface area contributed by atoms with Crippen LogP contribution in [0.5, 0.6) is 0 Å². The maximum Gasteiger partial charge on any atom is 0.252 e. The van der Waals surface area contributed by atoms with Gasteiger partial charge in [-0.3, -0.25) is 4.79 Å². The third-order valence-electron chi connectivity index (χ3n) is 7.18. The molecule has 8 heteroatoms. The molecule has 192 valence electrons. The highest BCUT2D eigenvalue weighted by Crippen LogP contribution is 2.42. The summed E-state index contributed by atoms with van der Waals surface area (Å²) in [5.41, 5.74) is 0.685. The van der Waals surface area contributed by atoms with Crippen molar-refractivity contribution in [3.8, 4) is 0 Å². The zero-order chi connectivity index (χ0) is 26.2. The Labute approximate surface area is 223 Å². The van der Waals surface area contributed by atoms with E-state index in [0.717, 1.165) is 27.4 Å². The van der Waals surface area contributed by atoms with Crippen LogP contribution in [-0.4, -0.2) is 34.5 Å². The molecular formula is C29H27ClF2N2O2S. The number of aromatic amines is 1. The topological polar surface area (TPSA) is 65.1 Å². The molecule has 1 saturated heterocycles. The van der Waals surface area contributed by atoms with Gasteiger partial charge in [0.1, 0.15) is 11.6 Å². The fourth-order valence-corrected chi connectivity index (χ4v) is 6.11. The Kier molecular flexibility index (Phi) is 7.41. The lowest BCUT2D eigenvalue weighted by Crippen LogP contribution is -2.52. The van der Waals surface area contributed by atoms with Crippen LogP contribution >= 0.6 is 23.4 Å². The SMILES string of the molecule is CSc1ccc2[nH]c(=O)c(C(c3cccc(Cl)c3)C3(O)CCNC(Cc4ccc(F)cc4F)C3)cc2c1. The largest absolute Gasteiger partial charge is 0.389 e. The Morgan fingerprint density at radius 3 is 2.73 bits per heavy atom. The molecule has 0 aliphatic carbocycles. The van der Waals surface area contributed by atoms with E-state index in [0.29, 0.717) is 29.1 Å². The summed E-state index contributed by atoms with van der Waals surface area (Å²) < 4.78 is 27.8. The van der Waals surface area contributed by atoms with E-state index >= 15 is 0 Å². The van der Waals surface area contributed by atoms with Gasteiger partial charge in [0.2, 0.25) is 0 Å². The first-order valence-corrected chi connectivity index (χ1v) is 13.7. The molecule has 3 unspecified atom stereocenters. The summed E-state index contributed by atoms with van der Waals surface area (Å²) in [5.74, 6) is -1.91. The second-order valence-corrected chi connectivity index (χ2v) is 11.0. The zero-order valence-corrected chi connectivity index (χ0v) is 21.8. The number of piperidine rings is 1. The molecule has 1 aliphatic heterocycles. The van der Waals surface area contributed by atoms with Crippen molar-refractivity contribution in [2.24, 2.45) is 0 Å². The highest BCUT2D eigenvalue weighted by atomic mass is 35.5. The molecule has 4 aromatic rings. The van der Waals surface area contributed by atoms with E-state index in [1.54, 1.807) is 23.9 Å². The molecule has 1 fully saturated rings. The number of rotatable bonds is 6. The summed E-state index contributed by atoms with van der Waals surface area (Å²) >= 11 is 7.96. The number of pyridine rings is 1. The van der Waals surface area contributed by atoms with Gasteiger partial charge in [0, 0.05) is 39.0 Å². The summed E-state index contributed by atoms with van der Waals surface area (Å²) in [4.78, 5) is 17.5. The monoisotopic (exact) mass is 540 g/mol. The third-order valence-corrected chi connectivity index (χ3v) is 8.14. The molecule has 0 spiro atoms. The first-order chi connectivity index (χ1) is 17.8. The van der Waals surface area contributed by atoms with E-state index < -0.39 is 23.2 Å². The van der Waals surface area contributed by atoms with Crippen molar-refractivity contribution >= 4 is 34.3 Å². The van der Waals surface area contributed by atoms with E-state index in [2.05, 4.69) is 10.3 Å². The van der Waals surface area contributed by atoms with Crippen molar-refractivity contribution in [3.63, 3.8) is 0 Å². The van der Waals surface area contributed by atoms with Crippen LogP contribution in [0.3, 0.4) is 0 Å². The highest BCUT2D eigenvalue weighted by Gasteiger charge is 2.44. The maximum absolute atomic E-state index is 14.4. The van der Waals surface area contributed by atoms with Crippen LogP contribution in [0.2, 0.25) is 5.02 Å². The average molecular weight is 541 g/mol. The summed E-state index contributed by atoms with van der Waals surface area (Å²) in [6, 6.07) is 18.2. The molecule has 0 bridgehead atoms.